The minimum atomic E-state index is -0.404. The number of amides is 1. The van der Waals surface area contributed by atoms with Gasteiger partial charge in [0.15, 0.2) is 0 Å². The van der Waals surface area contributed by atoms with Crippen molar-refractivity contribution in [3.05, 3.63) is 0 Å². The number of nitrogens with one attached hydrogen (secondary N) is 1. The zero-order valence-corrected chi connectivity index (χ0v) is 11.0. The Kier molecular flexibility index (Phi) is 7.02. The lowest BCUT2D eigenvalue weighted by molar-refractivity contribution is -0.119. The van der Waals surface area contributed by atoms with Crippen LogP contribution in [0.5, 0.6) is 0 Å². The molecule has 0 aromatic heterocycles. The van der Waals surface area contributed by atoms with Crippen LogP contribution in [-0.4, -0.2) is 34.2 Å². The van der Waals surface area contributed by atoms with Crippen molar-refractivity contribution in [3.8, 4) is 0 Å². The van der Waals surface area contributed by atoms with Crippen molar-refractivity contribution in [3.63, 3.8) is 0 Å². The first-order chi connectivity index (χ1) is 6.85. The van der Waals surface area contributed by atoms with E-state index in [-0.39, 0.29) is 10.7 Å². The lowest BCUT2D eigenvalue weighted by Gasteiger charge is -2.17. The maximum Gasteiger partial charge on any atom is 0.230 e. The molecule has 0 fully saturated rings. The molecule has 1 unspecified atom stereocenters. The number of rotatable bonds is 6. The Morgan fingerprint density at radius 1 is 1.47 bits per heavy atom. The molecule has 0 spiro atoms. The molecule has 0 aromatic carbocycles. The number of aliphatic hydroxyl groups is 1. The van der Waals surface area contributed by atoms with Crippen LogP contribution in [0.25, 0.3) is 0 Å². The molecule has 4 heteroatoms. The normalized spacial score (nSPS) is 13.7. The lowest BCUT2D eigenvalue weighted by atomic mass is 10.2. The van der Waals surface area contributed by atoms with E-state index in [1.165, 1.54) is 0 Å². The Balaban J connectivity index is 3.58. The van der Waals surface area contributed by atoms with E-state index >= 15 is 0 Å². The molecule has 15 heavy (non-hydrogen) atoms. The number of carbonyl (C=O) groups excluding carboxylic acids is 1. The van der Waals surface area contributed by atoms with Crippen LogP contribution < -0.4 is 5.32 Å². The average Bonchev–Trinajstić information content (AvgIpc) is 2.11. The predicted molar refractivity (Wildman–Crippen MR) is 66.1 cm³/mol. The minimum absolute atomic E-state index is 0.00470. The van der Waals surface area contributed by atoms with Crippen molar-refractivity contribution in [1.82, 2.24) is 5.32 Å². The van der Waals surface area contributed by atoms with E-state index in [0.29, 0.717) is 12.3 Å². The van der Waals surface area contributed by atoms with E-state index in [2.05, 4.69) is 26.1 Å². The molecule has 0 aliphatic rings. The summed E-state index contributed by atoms with van der Waals surface area (Å²) in [6.45, 7) is 8.63. The molecule has 0 heterocycles. The molecule has 1 atom stereocenters. The van der Waals surface area contributed by atoms with Crippen LogP contribution in [0.3, 0.4) is 0 Å². The third kappa shape index (κ3) is 10.1. The molecule has 90 valence electrons. The zero-order valence-electron chi connectivity index (χ0n) is 10.2. The summed E-state index contributed by atoms with van der Waals surface area (Å²) >= 11 is 1.61. The predicted octanol–water partition coefficient (Wildman–Crippen LogP) is 1.80. The Morgan fingerprint density at radius 2 is 2.07 bits per heavy atom. The fourth-order valence-electron chi connectivity index (χ4n) is 1.00. The van der Waals surface area contributed by atoms with Crippen LogP contribution in [0.1, 0.15) is 40.5 Å². The smallest absolute Gasteiger partial charge is 0.230 e. The fourth-order valence-corrected chi connectivity index (χ4v) is 1.67. The van der Waals surface area contributed by atoms with Gasteiger partial charge in [-0.15, -0.1) is 11.8 Å². The van der Waals surface area contributed by atoms with Crippen LogP contribution in [0, 0.1) is 0 Å². The number of thioether (sulfide) groups is 1. The van der Waals surface area contributed by atoms with E-state index in [4.69, 9.17) is 0 Å². The van der Waals surface area contributed by atoms with Crippen molar-refractivity contribution in [1.29, 1.82) is 0 Å². The van der Waals surface area contributed by atoms with Crippen molar-refractivity contribution in [2.75, 3.05) is 12.3 Å². The largest absolute Gasteiger partial charge is 0.391 e. The summed E-state index contributed by atoms with van der Waals surface area (Å²) in [5, 5.41) is 12.1. The van der Waals surface area contributed by atoms with Gasteiger partial charge >= 0.3 is 0 Å². The Morgan fingerprint density at radius 3 is 2.53 bits per heavy atom. The summed E-state index contributed by atoms with van der Waals surface area (Å²) in [4.78, 5) is 11.4. The highest BCUT2D eigenvalue weighted by molar-refractivity contribution is 8.01. The van der Waals surface area contributed by atoms with Gasteiger partial charge in [-0.05, 0) is 6.42 Å². The average molecular weight is 233 g/mol. The van der Waals surface area contributed by atoms with Gasteiger partial charge in [-0.2, -0.15) is 0 Å². The molecule has 0 bridgehead atoms. The molecule has 3 nitrogen and oxygen atoms in total. The second-order valence-electron chi connectivity index (χ2n) is 4.65. The van der Waals surface area contributed by atoms with E-state index in [0.717, 1.165) is 12.8 Å². The summed E-state index contributed by atoms with van der Waals surface area (Å²) in [6, 6.07) is 0. The quantitative estimate of drug-likeness (QED) is 0.735. The second-order valence-corrected chi connectivity index (χ2v) is 6.45. The molecule has 0 aromatic rings. The van der Waals surface area contributed by atoms with E-state index in [1.54, 1.807) is 11.8 Å². The Hall–Kier alpha value is -0.220. The van der Waals surface area contributed by atoms with Crippen LogP contribution in [0.2, 0.25) is 0 Å². The van der Waals surface area contributed by atoms with Gasteiger partial charge in [-0.3, -0.25) is 4.79 Å². The highest BCUT2D eigenvalue weighted by atomic mass is 32.2. The first-order valence-electron chi connectivity index (χ1n) is 5.44. The molecule has 0 rings (SSSR count). The SMILES string of the molecule is CCCC(O)CNC(=O)CSC(C)(C)C. The lowest BCUT2D eigenvalue weighted by Crippen LogP contribution is -2.33. The van der Waals surface area contributed by atoms with Gasteiger partial charge in [0.25, 0.3) is 0 Å². The summed E-state index contributed by atoms with van der Waals surface area (Å²) in [5.74, 6) is 0.465. The topological polar surface area (TPSA) is 49.3 Å². The number of hydrogen-bond donors (Lipinski definition) is 2. The van der Waals surface area contributed by atoms with Crippen molar-refractivity contribution < 1.29 is 9.90 Å². The third-order valence-corrected chi connectivity index (χ3v) is 3.07. The van der Waals surface area contributed by atoms with Crippen LogP contribution in [-0.2, 0) is 4.79 Å². The van der Waals surface area contributed by atoms with Crippen LogP contribution >= 0.6 is 11.8 Å². The molecule has 0 saturated carbocycles. The van der Waals surface area contributed by atoms with Crippen molar-refractivity contribution in [2.45, 2.75) is 51.4 Å². The van der Waals surface area contributed by atoms with E-state index in [1.807, 2.05) is 6.92 Å². The van der Waals surface area contributed by atoms with Gasteiger partial charge in [0.2, 0.25) is 5.91 Å². The molecule has 1 amide bonds. The minimum Gasteiger partial charge on any atom is -0.391 e. The fraction of sp³-hybridized carbons (Fsp3) is 0.909. The number of aliphatic hydroxyl groups excluding tert-OH is 1. The Bertz CT molecular complexity index is 190. The van der Waals surface area contributed by atoms with Gasteiger partial charge in [0.1, 0.15) is 0 Å². The van der Waals surface area contributed by atoms with Gasteiger partial charge in [0.05, 0.1) is 11.9 Å². The Labute approximate surface area is 97.0 Å². The molecule has 2 N–H and O–H groups in total. The van der Waals surface area contributed by atoms with Crippen LogP contribution in [0.15, 0.2) is 0 Å². The van der Waals surface area contributed by atoms with Gasteiger partial charge in [-0.1, -0.05) is 34.1 Å². The molecular weight excluding hydrogens is 210 g/mol. The van der Waals surface area contributed by atoms with E-state index < -0.39 is 6.10 Å². The summed E-state index contributed by atoms with van der Waals surface area (Å²) < 4.78 is 0.110. The van der Waals surface area contributed by atoms with Gasteiger partial charge < -0.3 is 10.4 Å². The van der Waals surface area contributed by atoms with Crippen molar-refractivity contribution in [2.24, 2.45) is 0 Å². The highest BCUT2D eigenvalue weighted by Crippen LogP contribution is 2.22. The summed E-state index contributed by atoms with van der Waals surface area (Å²) in [6.07, 6.45) is 1.28. The highest BCUT2D eigenvalue weighted by Gasteiger charge is 2.13. The van der Waals surface area contributed by atoms with Gasteiger partial charge in [-0.25, -0.2) is 0 Å². The maximum atomic E-state index is 11.4. The molecule has 0 aliphatic carbocycles. The second kappa shape index (κ2) is 7.12. The standard InChI is InChI=1S/C11H23NO2S/c1-5-6-9(13)7-12-10(14)8-15-11(2,3)4/h9,13H,5-8H2,1-4H3,(H,12,14). The van der Waals surface area contributed by atoms with E-state index in [9.17, 15) is 9.90 Å². The molecular formula is C11H23NO2S. The number of carbonyl (C=O) groups is 1. The third-order valence-electron chi connectivity index (χ3n) is 1.79. The maximum absolute atomic E-state index is 11.4. The first kappa shape index (κ1) is 14.8. The van der Waals surface area contributed by atoms with Gasteiger partial charge in [0, 0.05) is 11.3 Å². The van der Waals surface area contributed by atoms with Crippen LogP contribution in [0.4, 0.5) is 0 Å². The monoisotopic (exact) mass is 233 g/mol. The van der Waals surface area contributed by atoms with Crippen molar-refractivity contribution >= 4 is 17.7 Å². The molecule has 0 saturated heterocycles. The number of hydrogen-bond acceptors (Lipinski definition) is 3. The molecule has 0 aliphatic heterocycles. The first-order valence-corrected chi connectivity index (χ1v) is 6.42. The zero-order chi connectivity index (χ0) is 11.9. The summed E-state index contributed by atoms with van der Waals surface area (Å²) in [7, 11) is 0. The molecule has 0 radical (unpaired) electrons. The summed E-state index contributed by atoms with van der Waals surface area (Å²) in [5.41, 5.74) is 0.